The third-order valence-electron chi connectivity index (χ3n) is 8.91. The Balaban J connectivity index is 1.07. The molecule has 2 saturated heterocycles. The van der Waals surface area contributed by atoms with Gasteiger partial charge in [0.25, 0.3) is 5.88 Å². The van der Waals surface area contributed by atoms with Crippen molar-refractivity contribution in [1.29, 1.82) is 0 Å². The largest absolute Gasteiger partial charge is 0.505 e. The predicted octanol–water partition coefficient (Wildman–Crippen LogP) is 6.38. The van der Waals surface area contributed by atoms with Crippen molar-refractivity contribution >= 4 is 40.5 Å². The van der Waals surface area contributed by atoms with Gasteiger partial charge in [0.1, 0.15) is 18.0 Å². The number of aromatic hydroxyl groups is 1. The fourth-order valence-corrected chi connectivity index (χ4v) is 6.54. The number of piperazine rings is 2. The summed E-state index contributed by atoms with van der Waals surface area (Å²) in [4.78, 5) is 9.57. The lowest BCUT2D eigenvalue weighted by molar-refractivity contribution is 0.133. The van der Waals surface area contributed by atoms with E-state index < -0.39 is 0 Å². The standard InChI is InChI=1S/C36H41Cl3N6O3/c1-42-11-13-43(14-12-42)19-21-47-30-8-4-27(5-9-30)25-44-15-17-45(18-16-44)34-24-33(28-22-31(38)35(46)32(39)23-28)40-41-36(34)48-20-10-26-2-6-29(37)7-3-26/h2-9,22-24,46H,10-21,25H2,1H3. The van der Waals surface area contributed by atoms with Crippen LogP contribution < -0.4 is 14.4 Å². The third-order valence-corrected chi connectivity index (χ3v) is 9.74. The van der Waals surface area contributed by atoms with E-state index in [1.165, 1.54) is 5.56 Å². The van der Waals surface area contributed by atoms with Crippen molar-refractivity contribution in [1.82, 2.24) is 24.9 Å². The molecule has 254 valence electrons. The molecule has 1 N–H and O–H groups in total. The Kier molecular flexibility index (Phi) is 11.8. The molecule has 2 fully saturated rings. The molecule has 3 heterocycles. The Morgan fingerprint density at radius 2 is 1.35 bits per heavy atom. The molecular weight excluding hydrogens is 671 g/mol. The summed E-state index contributed by atoms with van der Waals surface area (Å²) in [5.41, 5.74) is 4.49. The molecule has 2 aliphatic heterocycles. The first-order valence-corrected chi connectivity index (χ1v) is 17.5. The van der Waals surface area contributed by atoms with Gasteiger partial charge in [0.2, 0.25) is 0 Å². The Morgan fingerprint density at radius 3 is 2.04 bits per heavy atom. The first kappa shape index (κ1) is 34.5. The number of phenols is 1. The zero-order valence-corrected chi connectivity index (χ0v) is 29.4. The zero-order chi connectivity index (χ0) is 33.5. The number of nitrogens with zero attached hydrogens (tertiary/aromatic N) is 6. The minimum absolute atomic E-state index is 0.156. The van der Waals surface area contributed by atoms with E-state index in [1.807, 2.05) is 30.3 Å². The number of aromatic nitrogens is 2. The minimum Gasteiger partial charge on any atom is -0.505 e. The molecule has 0 saturated carbocycles. The number of rotatable bonds is 12. The van der Waals surface area contributed by atoms with Crippen molar-refractivity contribution in [2.75, 3.05) is 84.1 Å². The fourth-order valence-electron chi connectivity index (χ4n) is 5.93. The Morgan fingerprint density at radius 1 is 0.708 bits per heavy atom. The van der Waals surface area contributed by atoms with Gasteiger partial charge in [-0.25, -0.2) is 0 Å². The molecule has 12 heteroatoms. The van der Waals surface area contributed by atoms with Gasteiger partial charge in [0.05, 0.1) is 22.3 Å². The quantitative estimate of drug-likeness (QED) is 0.180. The summed E-state index contributed by atoms with van der Waals surface area (Å²) in [7, 11) is 2.18. The van der Waals surface area contributed by atoms with Crippen LogP contribution in [-0.2, 0) is 13.0 Å². The summed E-state index contributed by atoms with van der Waals surface area (Å²) in [6.07, 6.45) is 0.705. The second-order valence-electron chi connectivity index (χ2n) is 12.3. The number of benzene rings is 3. The van der Waals surface area contributed by atoms with Gasteiger partial charge < -0.3 is 24.4 Å². The van der Waals surface area contributed by atoms with Gasteiger partial charge in [0, 0.05) is 82.5 Å². The number of hydrogen-bond donors (Lipinski definition) is 1. The first-order valence-electron chi connectivity index (χ1n) is 16.3. The van der Waals surface area contributed by atoms with Crippen LogP contribution in [0.2, 0.25) is 15.1 Å². The summed E-state index contributed by atoms with van der Waals surface area (Å²) >= 11 is 18.5. The van der Waals surface area contributed by atoms with Crippen LogP contribution in [-0.4, -0.2) is 109 Å². The molecule has 48 heavy (non-hydrogen) atoms. The fraction of sp³-hybridized carbons (Fsp3) is 0.389. The second-order valence-corrected chi connectivity index (χ2v) is 13.6. The molecule has 0 amide bonds. The Bertz CT molecular complexity index is 1620. The molecule has 0 aliphatic carbocycles. The van der Waals surface area contributed by atoms with Gasteiger partial charge in [-0.2, -0.15) is 0 Å². The van der Waals surface area contributed by atoms with Crippen LogP contribution in [0.3, 0.4) is 0 Å². The van der Waals surface area contributed by atoms with Crippen LogP contribution in [0.5, 0.6) is 17.4 Å². The highest BCUT2D eigenvalue weighted by molar-refractivity contribution is 6.37. The van der Waals surface area contributed by atoms with Gasteiger partial charge >= 0.3 is 0 Å². The lowest BCUT2D eigenvalue weighted by Gasteiger charge is -2.36. The van der Waals surface area contributed by atoms with E-state index >= 15 is 0 Å². The van der Waals surface area contributed by atoms with Crippen molar-refractivity contribution < 1.29 is 14.6 Å². The average molecular weight is 712 g/mol. The van der Waals surface area contributed by atoms with E-state index in [0.29, 0.717) is 41.8 Å². The topological polar surface area (TPSA) is 77.4 Å². The third kappa shape index (κ3) is 9.22. The smallest absolute Gasteiger partial charge is 0.257 e. The summed E-state index contributed by atoms with van der Waals surface area (Å²) in [6, 6.07) is 21.5. The lowest BCUT2D eigenvalue weighted by atomic mass is 10.1. The van der Waals surface area contributed by atoms with Gasteiger partial charge in [-0.05, 0) is 60.6 Å². The molecule has 0 spiro atoms. The van der Waals surface area contributed by atoms with Crippen LogP contribution >= 0.6 is 34.8 Å². The SMILES string of the molecule is CN1CCN(CCOc2ccc(CN3CCN(c4cc(-c5cc(Cl)c(O)c(Cl)c5)nnc4OCCc4ccc(Cl)cc4)CC3)cc2)CC1. The van der Waals surface area contributed by atoms with Crippen LogP contribution in [0.25, 0.3) is 11.3 Å². The summed E-state index contributed by atoms with van der Waals surface area (Å²) in [5, 5.41) is 20.0. The monoisotopic (exact) mass is 710 g/mol. The van der Waals surface area contributed by atoms with Crippen LogP contribution in [0, 0.1) is 0 Å². The van der Waals surface area contributed by atoms with Crippen molar-refractivity contribution in [3.8, 4) is 28.6 Å². The Hall–Kier alpha value is -3.31. The molecular formula is C36H41Cl3N6O3. The van der Waals surface area contributed by atoms with E-state index in [2.05, 4.69) is 61.1 Å². The molecule has 6 rings (SSSR count). The van der Waals surface area contributed by atoms with Gasteiger partial charge in [-0.1, -0.05) is 59.1 Å². The predicted molar refractivity (Wildman–Crippen MR) is 193 cm³/mol. The molecule has 0 radical (unpaired) electrons. The van der Waals surface area contributed by atoms with Crippen molar-refractivity contribution in [2.24, 2.45) is 0 Å². The van der Waals surface area contributed by atoms with Crippen molar-refractivity contribution in [2.45, 2.75) is 13.0 Å². The molecule has 2 aliphatic rings. The minimum atomic E-state index is -0.156. The van der Waals surface area contributed by atoms with Crippen LogP contribution in [0.4, 0.5) is 5.69 Å². The van der Waals surface area contributed by atoms with E-state index in [-0.39, 0.29) is 15.8 Å². The first-order chi connectivity index (χ1) is 23.3. The van der Waals surface area contributed by atoms with Crippen LogP contribution in [0.15, 0.2) is 66.7 Å². The van der Waals surface area contributed by atoms with Crippen LogP contribution in [0.1, 0.15) is 11.1 Å². The molecule has 0 bridgehead atoms. The number of likely N-dealkylation sites (N-methyl/N-ethyl adjacent to an activating group) is 1. The van der Waals surface area contributed by atoms with Gasteiger partial charge in [-0.15, -0.1) is 10.2 Å². The molecule has 0 atom stereocenters. The number of ether oxygens (including phenoxy) is 2. The highest BCUT2D eigenvalue weighted by atomic mass is 35.5. The molecule has 1 aromatic heterocycles. The highest BCUT2D eigenvalue weighted by Gasteiger charge is 2.23. The van der Waals surface area contributed by atoms with E-state index in [0.717, 1.165) is 82.4 Å². The molecule has 0 unspecified atom stereocenters. The number of hydrogen-bond acceptors (Lipinski definition) is 9. The Labute approximate surface area is 297 Å². The lowest BCUT2D eigenvalue weighted by Crippen LogP contribution is -2.46. The van der Waals surface area contributed by atoms with E-state index in [1.54, 1.807) is 12.1 Å². The zero-order valence-electron chi connectivity index (χ0n) is 27.1. The summed E-state index contributed by atoms with van der Waals surface area (Å²) < 4.78 is 12.3. The number of anilines is 1. The number of phenolic OH excluding ortho intramolecular Hbond substituents is 1. The van der Waals surface area contributed by atoms with Crippen molar-refractivity contribution in [3.05, 3.63) is 92.9 Å². The highest BCUT2D eigenvalue weighted by Crippen LogP contribution is 2.38. The molecule has 4 aromatic rings. The van der Waals surface area contributed by atoms with E-state index in [9.17, 15) is 5.11 Å². The molecule has 9 nitrogen and oxygen atoms in total. The van der Waals surface area contributed by atoms with Gasteiger partial charge in [0.15, 0.2) is 5.75 Å². The average Bonchev–Trinajstić information content (AvgIpc) is 3.10. The maximum atomic E-state index is 10.1. The molecule has 3 aromatic carbocycles. The normalized spacial score (nSPS) is 16.3. The maximum absolute atomic E-state index is 10.1. The van der Waals surface area contributed by atoms with E-state index in [4.69, 9.17) is 44.3 Å². The summed E-state index contributed by atoms with van der Waals surface area (Å²) in [6.45, 7) is 10.8. The second kappa shape index (κ2) is 16.4. The van der Waals surface area contributed by atoms with Crippen molar-refractivity contribution in [3.63, 3.8) is 0 Å². The van der Waals surface area contributed by atoms with Gasteiger partial charge in [-0.3, -0.25) is 9.80 Å². The number of halogens is 3. The summed E-state index contributed by atoms with van der Waals surface area (Å²) in [5.74, 6) is 1.23. The maximum Gasteiger partial charge on any atom is 0.257 e.